The third-order valence-corrected chi connectivity index (χ3v) is 2.49. The highest BCUT2D eigenvalue weighted by atomic mass is 19.1. The standard InChI is InChI=1S/C14H9FN2O4/c15-10-3-1-2-8(4-10)9-5-11(18)13(16-6-9)14(21)17-7-12(19)20/h3-6,18H,7H2,(H,17,21)(H,19,20). The van der Waals surface area contributed by atoms with Gasteiger partial charge in [0.1, 0.15) is 18.1 Å². The highest BCUT2D eigenvalue weighted by Gasteiger charge is 2.15. The second kappa shape index (κ2) is 5.88. The molecule has 0 radical (unpaired) electrons. The molecule has 0 aliphatic carbocycles. The molecule has 0 spiro atoms. The molecule has 0 bridgehead atoms. The molecule has 1 heterocycles. The van der Waals surface area contributed by atoms with Crippen LogP contribution in [0.1, 0.15) is 10.5 Å². The number of aromatic hydroxyl groups is 1. The van der Waals surface area contributed by atoms with Gasteiger partial charge >= 0.3 is 5.97 Å². The second-order valence-electron chi connectivity index (χ2n) is 4.02. The number of pyridine rings is 1. The monoisotopic (exact) mass is 288 g/mol. The number of hydrogen-bond donors (Lipinski definition) is 3. The third kappa shape index (κ3) is 3.45. The van der Waals surface area contributed by atoms with E-state index in [0.29, 0.717) is 11.1 Å². The van der Waals surface area contributed by atoms with Crippen LogP contribution in [0.15, 0.2) is 24.4 Å². The molecule has 6 nitrogen and oxygen atoms in total. The molecule has 0 atom stereocenters. The molecule has 2 aromatic rings. The molecule has 1 aromatic heterocycles. The van der Waals surface area contributed by atoms with Gasteiger partial charge in [0.05, 0.1) is 0 Å². The summed E-state index contributed by atoms with van der Waals surface area (Å²) in [5.74, 6) is -3.01. The van der Waals surface area contributed by atoms with E-state index >= 15 is 0 Å². The summed E-state index contributed by atoms with van der Waals surface area (Å²) in [4.78, 5) is 25.7. The Hall–Kier alpha value is -3.14. The number of carbonyl (C=O) groups is 2. The fourth-order valence-electron chi connectivity index (χ4n) is 1.57. The molecule has 21 heavy (non-hydrogen) atoms. The quantitative estimate of drug-likeness (QED) is 0.779. The third-order valence-electron chi connectivity index (χ3n) is 2.49. The topological polar surface area (TPSA) is 99.5 Å². The lowest BCUT2D eigenvalue weighted by atomic mass is 10.1. The Kier molecular flexibility index (Phi) is 4.00. The Labute approximate surface area is 118 Å². The minimum absolute atomic E-state index is 0.315. The van der Waals surface area contributed by atoms with Crippen molar-refractivity contribution >= 4 is 11.9 Å². The molecule has 7 heteroatoms. The number of hydrogen-bond acceptors (Lipinski definition) is 4. The highest BCUT2D eigenvalue weighted by molar-refractivity contribution is 5.96. The lowest BCUT2D eigenvalue weighted by molar-refractivity contribution is -0.135. The van der Waals surface area contributed by atoms with Gasteiger partial charge in [0.2, 0.25) is 0 Å². The van der Waals surface area contributed by atoms with Crippen LogP contribution in [-0.4, -0.2) is 33.6 Å². The fraction of sp³-hybridized carbons (Fsp3) is 0.0714. The van der Waals surface area contributed by atoms with Crippen molar-refractivity contribution in [3.63, 3.8) is 0 Å². The predicted octanol–water partition coefficient (Wildman–Crippen LogP) is 1.01. The number of amides is 1. The van der Waals surface area contributed by atoms with Crippen LogP contribution < -0.4 is 5.32 Å². The molecule has 0 fully saturated rings. The molecule has 0 unspecified atom stereocenters. The molecular weight excluding hydrogens is 279 g/mol. The summed E-state index contributed by atoms with van der Waals surface area (Å²) >= 11 is 0. The van der Waals surface area contributed by atoms with Crippen molar-refractivity contribution in [2.24, 2.45) is 0 Å². The van der Waals surface area contributed by atoms with Crippen LogP contribution in [0.5, 0.6) is 5.75 Å². The summed E-state index contributed by atoms with van der Waals surface area (Å²) in [7, 11) is 0. The summed E-state index contributed by atoms with van der Waals surface area (Å²) < 4.78 is 13.1. The zero-order valence-corrected chi connectivity index (χ0v) is 10.6. The molecular formula is C14H9FN2O4. The fourth-order valence-corrected chi connectivity index (χ4v) is 1.57. The number of carboxylic acid groups (broad SMARTS) is 1. The summed E-state index contributed by atoms with van der Waals surface area (Å²) in [6, 6.07) is 8.60. The van der Waals surface area contributed by atoms with Crippen molar-refractivity contribution in [2.45, 2.75) is 0 Å². The van der Waals surface area contributed by atoms with Gasteiger partial charge in [0, 0.05) is 23.4 Å². The van der Waals surface area contributed by atoms with Crippen molar-refractivity contribution in [1.82, 2.24) is 10.3 Å². The average molecular weight is 288 g/mol. The number of nitrogens with one attached hydrogen (secondary N) is 1. The minimum atomic E-state index is -1.22. The normalized spacial score (nSPS) is 9.76. The highest BCUT2D eigenvalue weighted by Crippen LogP contribution is 2.23. The summed E-state index contributed by atoms with van der Waals surface area (Å²) in [6.45, 7) is -0.589. The van der Waals surface area contributed by atoms with Crippen LogP contribution in [0.3, 0.4) is 0 Å². The van der Waals surface area contributed by atoms with Crippen LogP contribution in [0.2, 0.25) is 0 Å². The van der Waals surface area contributed by atoms with Crippen LogP contribution >= 0.6 is 0 Å². The lowest BCUT2D eigenvalue weighted by Gasteiger charge is -2.06. The van der Waals surface area contributed by atoms with Gasteiger partial charge < -0.3 is 15.5 Å². The van der Waals surface area contributed by atoms with Gasteiger partial charge in [-0.1, -0.05) is 12.1 Å². The Balaban J connectivity index is 2.25. The van der Waals surface area contributed by atoms with Crippen LogP contribution in [0.25, 0.3) is 11.1 Å². The first-order chi connectivity index (χ1) is 9.97. The van der Waals surface area contributed by atoms with E-state index in [1.807, 2.05) is 0 Å². The van der Waals surface area contributed by atoms with Crippen LogP contribution in [0.4, 0.5) is 4.39 Å². The first-order valence-corrected chi connectivity index (χ1v) is 5.75. The molecule has 0 saturated heterocycles. The number of carboxylic acids is 1. The number of carbonyl (C=O) groups excluding carboxylic acids is 1. The lowest BCUT2D eigenvalue weighted by Crippen LogP contribution is -2.29. The molecule has 3 N–H and O–H groups in total. The number of nitrogens with zero attached hydrogens (tertiary/aromatic N) is 1. The smallest absolute Gasteiger partial charge is 0.322 e. The molecule has 1 aromatic carbocycles. The Morgan fingerprint density at radius 1 is 1.38 bits per heavy atom. The van der Waals surface area contributed by atoms with Crippen molar-refractivity contribution in [3.8, 4) is 16.9 Å². The molecule has 0 saturated carbocycles. The largest absolute Gasteiger partial charge is 0.505 e. The molecule has 1 amide bonds. The Morgan fingerprint density at radius 3 is 2.76 bits per heavy atom. The van der Waals surface area contributed by atoms with E-state index in [1.165, 1.54) is 18.3 Å². The summed E-state index contributed by atoms with van der Waals surface area (Å²) in [5, 5.41) is 20.3. The van der Waals surface area contributed by atoms with E-state index in [2.05, 4.69) is 22.4 Å². The maximum atomic E-state index is 13.1. The molecule has 0 aliphatic heterocycles. The first-order valence-electron chi connectivity index (χ1n) is 5.75. The van der Waals surface area contributed by atoms with Gasteiger partial charge in [-0.15, -0.1) is 0 Å². The zero-order chi connectivity index (χ0) is 15.4. The van der Waals surface area contributed by atoms with E-state index in [1.54, 1.807) is 0 Å². The average Bonchev–Trinajstić information content (AvgIpc) is 2.44. The second-order valence-corrected chi connectivity index (χ2v) is 4.02. The predicted molar refractivity (Wildman–Crippen MR) is 68.9 cm³/mol. The number of aliphatic carboxylic acids is 1. The first kappa shape index (κ1) is 14.3. The summed E-state index contributed by atoms with van der Waals surface area (Å²) in [6.07, 6.45) is 1.24. The van der Waals surface area contributed by atoms with Gasteiger partial charge in [-0.2, -0.15) is 0 Å². The van der Waals surface area contributed by atoms with Gasteiger partial charge in [0.15, 0.2) is 5.69 Å². The van der Waals surface area contributed by atoms with E-state index < -0.39 is 30.0 Å². The zero-order valence-electron chi connectivity index (χ0n) is 10.6. The van der Waals surface area contributed by atoms with Gasteiger partial charge in [-0.05, 0) is 12.1 Å². The van der Waals surface area contributed by atoms with Gasteiger partial charge in [0.25, 0.3) is 5.91 Å². The van der Waals surface area contributed by atoms with E-state index in [9.17, 15) is 19.1 Å². The van der Waals surface area contributed by atoms with Crippen molar-refractivity contribution in [2.75, 3.05) is 6.54 Å². The maximum Gasteiger partial charge on any atom is 0.322 e. The molecule has 2 rings (SSSR count). The van der Waals surface area contributed by atoms with Crippen LogP contribution in [0, 0.1) is 17.9 Å². The van der Waals surface area contributed by atoms with E-state index in [-0.39, 0.29) is 5.69 Å². The number of rotatable bonds is 4. The maximum absolute atomic E-state index is 13.1. The van der Waals surface area contributed by atoms with Gasteiger partial charge in [-0.3, -0.25) is 9.59 Å². The minimum Gasteiger partial charge on any atom is -0.505 e. The van der Waals surface area contributed by atoms with Crippen molar-refractivity contribution in [3.05, 3.63) is 48.0 Å². The van der Waals surface area contributed by atoms with Crippen molar-refractivity contribution < 1.29 is 24.2 Å². The Bertz CT molecular complexity index is 703. The molecule has 106 valence electrons. The number of aromatic nitrogens is 1. The molecule has 0 aliphatic rings. The van der Waals surface area contributed by atoms with Crippen LogP contribution in [-0.2, 0) is 4.79 Å². The van der Waals surface area contributed by atoms with E-state index in [0.717, 1.165) is 6.07 Å². The van der Waals surface area contributed by atoms with Crippen molar-refractivity contribution in [1.29, 1.82) is 0 Å². The Morgan fingerprint density at radius 2 is 2.14 bits per heavy atom. The SMILES string of the molecule is O=C(O)CNC(=O)c1ncc(-c2c#ccc(F)c2)cc1O. The van der Waals surface area contributed by atoms with Gasteiger partial charge in [-0.25, -0.2) is 9.37 Å². The summed E-state index contributed by atoms with van der Waals surface area (Å²) in [5.41, 5.74) is 0.341. The number of halogens is 1. The van der Waals surface area contributed by atoms with E-state index in [4.69, 9.17) is 5.11 Å².